The Morgan fingerprint density at radius 2 is 1.94 bits per heavy atom. The van der Waals surface area contributed by atoms with Gasteiger partial charge in [0.05, 0.1) is 11.9 Å². The number of fused-ring (bicyclic) bond motifs is 1. The topological polar surface area (TPSA) is 115 Å². The lowest BCUT2D eigenvalue weighted by atomic mass is 10.2. The lowest BCUT2D eigenvalue weighted by molar-refractivity contribution is -0.117. The molecule has 32 heavy (non-hydrogen) atoms. The van der Waals surface area contributed by atoms with Crippen LogP contribution in [0.1, 0.15) is 28.9 Å². The van der Waals surface area contributed by atoms with E-state index in [4.69, 9.17) is 4.74 Å². The van der Waals surface area contributed by atoms with Crippen LogP contribution in [0.4, 0.5) is 11.6 Å². The van der Waals surface area contributed by atoms with Crippen LogP contribution < -0.4 is 15.4 Å². The number of rotatable bonds is 6. The van der Waals surface area contributed by atoms with Gasteiger partial charge in [-0.2, -0.15) is 5.10 Å². The predicted molar refractivity (Wildman–Crippen MR) is 117 cm³/mol. The second-order valence-corrected chi connectivity index (χ2v) is 7.74. The Kier molecular flexibility index (Phi) is 4.81. The number of hydrogen-bond acceptors (Lipinski definition) is 6. The van der Waals surface area contributed by atoms with Gasteiger partial charge in [0.25, 0.3) is 5.91 Å². The summed E-state index contributed by atoms with van der Waals surface area (Å²) in [6, 6.07) is 12.0. The number of aromatic nitrogens is 5. The minimum atomic E-state index is -0.271. The van der Waals surface area contributed by atoms with E-state index in [1.165, 1.54) is 0 Å². The predicted octanol–water partition coefficient (Wildman–Crippen LogP) is 3.16. The summed E-state index contributed by atoms with van der Waals surface area (Å²) >= 11 is 0. The average molecular weight is 431 g/mol. The van der Waals surface area contributed by atoms with Crippen LogP contribution in [0, 0.1) is 12.8 Å². The summed E-state index contributed by atoms with van der Waals surface area (Å²) in [7, 11) is 1.77. The summed E-state index contributed by atoms with van der Waals surface area (Å²) in [5, 5.41) is 14.2. The first kappa shape index (κ1) is 19.7. The van der Waals surface area contributed by atoms with Crippen molar-refractivity contribution in [2.45, 2.75) is 19.8 Å². The highest BCUT2D eigenvalue weighted by Crippen LogP contribution is 2.30. The molecule has 2 amide bonds. The molecule has 4 aromatic rings. The zero-order chi connectivity index (χ0) is 22.2. The third-order valence-electron chi connectivity index (χ3n) is 5.06. The number of carbonyl (C=O) groups excluding carboxylic acids is 2. The fourth-order valence-corrected chi connectivity index (χ4v) is 3.29. The van der Waals surface area contributed by atoms with Crippen LogP contribution in [0.25, 0.3) is 5.65 Å². The Labute approximate surface area is 183 Å². The summed E-state index contributed by atoms with van der Waals surface area (Å²) in [6.45, 7) is 1.86. The normalized spacial score (nSPS) is 13.2. The SMILES string of the molecule is Cc1cc(NC(=O)c2cccc(Oc3ccc4nc(NC(=O)C5CC5)cn4n3)c2)n(C)n1. The molecule has 2 N–H and O–H groups in total. The molecule has 1 aromatic carbocycles. The van der Waals surface area contributed by atoms with Crippen molar-refractivity contribution in [3.05, 3.63) is 59.9 Å². The number of anilines is 2. The van der Waals surface area contributed by atoms with Gasteiger partial charge in [-0.05, 0) is 44.0 Å². The molecule has 1 aliphatic carbocycles. The molecule has 0 bridgehead atoms. The third kappa shape index (κ3) is 4.15. The van der Waals surface area contributed by atoms with E-state index in [0.717, 1.165) is 18.5 Å². The van der Waals surface area contributed by atoms with Crippen molar-refractivity contribution in [3.8, 4) is 11.6 Å². The van der Waals surface area contributed by atoms with Crippen LogP contribution in [-0.2, 0) is 11.8 Å². The smallest absolute Gasteiger partial charge is 0.256 e. The number of benzene rings is 1. The molecule has 3 heterocycles. The molecule has 0 aliphatic heterocycles. The van der Waals surface area contributed by atoms with Crippen LogP contribution in [-0.4, -0.2) is 36.2 Å². The van der Waals surface area contributed by atoms with Crippen molar-refractivity contribution in [1.82, 2.24) is 24.4 Å². The van der Waals surface area contributed by atoms with Gasteiger partial charge in [-0.25, -0.2) is 9.50 Å². The van der Waals surface area contributed by atoms with Crippen LogP contribution in [0.2, 0.25) is 0 Å². The van der Waals surface area contributed by atoms with Crippen molar-refractivity contribution >= 4 is 29.1 Å². The first-order valence-electron chi connectivity index (χ1n) is 10.2. The molecule has 1 aliphatic rings. The summed E-state index contributed by atoms with van der Waals surface area (Å²) < 4.78 is 9.00. The summed E-state index contributed by atoms with van der Waals surface area (Å²) in [5.41, 5.74) is 1.84. The number of nitrogens with zero attached hydrogens (tertiary/aromatic N) is 5. The molecule has 3 aromatic heterocycles. The highest BCUT2D eigenvalue weighted by Gasteiger charge is 2.30. The van der Waals surface area contributed by atoms with Crippen LogP contribution in [0.5, 0.6) is 11.6 Å². The first-order chi connectivity index (χ1) is 15.4. The van der Waals surface area contributed by atoms with E-state index in [0.29, 0.717) is 34.5 Å². The van der Waals surface area contributed by atoms with Gasteiger partial charge < -0.3 is 15.4 Å². The van der Waals surface area contributed by atoms with E-state index in [2.05, 4.69) is 25.8 Å². The third-order valence-corrected chi connectivity index (χ3v) is 5.06. The van der Waals surface area contributed by atoms with Gasteiger partial charge in [0.1, 0.15) is 11.6 Å². The van der Waals surface area contributed by atoms with Gasteiger partial charge in [-0.3, -0.25) is 14.3 Å². The molecular formula is C22H21N7O3. The Bertz CT molecular complexity index is 1340. The quantitative estimate of drug-likeness (QED) is 0.485. The second-order valence-electron chi connectivity index (χ2n) is 7.74. The Morgan fingerprint density at radius 3 is 2.69 bits per heavy atom. The van der Waals surface area contributed by atoms with Crippen molar-refractivity contribution in [2.24, 2.45) is 13.0 Å². The Morgan fingerprint density at radius 1 is 1.09 bits per heavy atom. The Hall–Kier alpha value is -4.21. The number of nitrogens with one attached hydrogen (secondary N) is 2. The number of imidazole rings is 1. The maximum absolute atomic E-state index is 12.6. The van der Waals surface area contributed by atoms with Crippen LogP contribution >= 0.6 is 0 Å². The molecule has 1 saturated carbocycles. The molecule has 5 rings (SSSR count). The number of amides is 2. The molecule has 10 nitrogen and oxygen atoms in total. The van der Waals surface area contributed by atoms with Gasteiger partial charge in [0, 0.05) is 30.7 Å². The van der Waals surface area contributed by atoms with Gasteiger partial charge in [-0.15, -0.1) is 5.10 Å². The van der Waals surface area contributed by atoms with E-state index < -0.39 is 0 Å². The van der Waals surface area contributed by atoms with Crippen LogP contribution in [0.15, 0.2) is 48.7 Å². The van der Waals surface area contributed by atoms with E-state index in [1.54, 1.807) is 64.9 Å². The maximum atomic E-state index is 12.6. The summed E-state index contributed by atoms with van der Waals surface area (Å²) in [6.07, 6.45) is 3.49. The van der Waals surface area contributed by atoms with Gasteiger partial charge in [0.2, 0.25) is 11.8 Å². The van der Waals surface area contributed by atoms with Gasteiger partial charge in [-0.1, -0.05) is 6.07 Å². The first-order valence-corrected chi connectivity index (χ1v) is 10.2. The summed E-state index contributed by atoms with van der Waals surface area (Å²) in [5.74, 6) is 1.67. The van der Waals surface area contributed by atoms with E-state index in [-0.39, 0.29) is 17.7 Å². The largest absolute Gasteiger partial charge is 0.438 e. The molecule has 162 valence electrons. The zero-order valence-electron chi connectivity index (χ0n) is 17.6. The molecule has 0 radical (unpaired) electrons. The average Bonchev–Trinajstić information content (AvgIpc) is 3.47. The molecule has 0 spiro atoms. The number of aryl methyl sites for hydroxylation is 2. The van der Waals surface area contributed by atoms with Crippen molar-refractivity contribution in [1.29, 1.82) is 0 Å². The molecule has 1 fully saturated rings. The Balaban J connectivity index is 1.30. The fraction of sp³-hybridized carbons (Fsp3) is 0.227. The lowest BCUT2D eigenvalue weighted by Crippen LogP contribution is -2.14. The van der Waals surface area contributed by atoms with Gasteiger partial charge in [0.15, 0.2) is 11.5 Å². The number of ether oxygens (including phenoxy) is 1. The van der Waals surface area contributed by atoms with Crippen molar-refractivity contribution < 1.29 is 14.3 Å². The van der Waals surface area contributed by atoms with E-state index in [9.17, 15) is 9.59 Å². The minimum absolute atomic E-state index is 0.0127. The monoisotopic (exact) mass is 431 g/mol. The zero-order valence-corrected chi connectivity index (χ0v) is 17.6. The van der Waals surface area contributed by atoms with Gasteiger partial charge >= 0.3 is 0 Å². The summed E-state index contributed by atoms with van der Waals surface area (Å²) in [4.78, 5) is 28.9. The maximum Gasteiger partial charge on any atom is 0.256 e. The van der Waals surface area contributed by atoms with E-state index >= 15 is 0 Å². The number of hydrogen-bond donors (Lipinski definition) is 2. The highest BCUT2D eigenvalue weighted by atomic mass is 16.5. The molecule has 0 unspecified atom stereocenters. The van der Waals surface area contributed by atoms with E-state index in [1.807, 2.05) is 6.92 Å². The van der Waals surface area contributed by atoms with Crippen molar-refractivity contribution in [2.75, 3.05) is 10.6 Å². The standard InChI is InChI=1S/C22H21N7O3/c1-13-10-19(28(2)26-13)25-22(31)15-4-3-5-16(11-15)32-20-9-8-18-23-17(12-29(18)27-20)24-21(30)14-6-7-14/h3-5,8-12,14H,6-7H2,1-2H3,(H,24,30)(H,25,31). The molecular weight excluding hydrogens is 410 g/mol. The fourth-order valence-electron chi connectivity index (χ4n) is 3.29. The second kappa shape index (κ2) is 7.80. The van der Waals surface area contributed by atoms with Crippen LogP contribution in [0.3, 0.4) is 0 Å². The lowest BCUT2D eigenvalue weighted by Gasteiger charge is -2.08. The molecule has 0 atom stereocenters. The molecule has 0 saturated heterocycles. The van der Waals surface area contributed by atoms with Crippen molar-refractivity contribution in [3.63, 3.8) is 0 Å². The number of carbonyl (C=O) groups is 2. The highest BCUT2D eigenvalue weighted by molar-refractivity contribution is 6.04. The minimum Gasteiger partial charge on any atom is -0.438 e. The molecule has 10 heteroatoms.